The van der Waals surface area contributed by atoms with Crippen molar-refractivity contribution in [3.05, 3.63) is 77.1 Å². The number of aromatic nitrogens is 3. The lowest BCUT2D eigenvalue weighted by Crippen LogP contribution is -2.36. The highest BCUT2D eigenvalue weighted by Gasteiger charge is 2.16. The lowest BCUT2D eigenvalue weighted by atomic mass is 10.0. The first-order valence-corrected chi connectivity index (χ1v) is 8.70. The zero-order valence-corrected chi connectivity index (χ0v) is 15.1. The number of rotatable bonds is 7. The molecule has 3 aromatic rings. The van der Waals surface area contributed by atoms with Gasteiger partial charge in [0, 0.05) is 17.1 Å². The van der Waals surface area contributed by atoms with Gasteiger partial charge in [-0.05, 0) is 48.7 Å². The lowest BCUT2D eigenvalue weighted by molar-refractivity contribution is 0.232. The summed E-state index contributed by atoms with van der Waals surface area (Å²) in [5, 5.41) is 17.8. The molecule has 2 atom stereocenters. The monoisotopic (exact) mass is 374 g/mol. The zero-order valence-electron chi connectivity index (χ0n) is 14.3. The molecular formula is C19H20ClFN4O. The fourth-order valence-electron chi connectivity index (χ4n) is 2.88. The first kappa shape index (κ1) is 18.5. The summed E-state index contributed by atoms with van der Waals surface area (Å²) in [6.07, 6.45) is 3.67. The van der Waals surface area contributed by atoms with E-state index >= 15 is 0 Å². The molecule has 1 heterocycles. The zero-order chi connectivity index (χ0) is 18.5. The van der Waals surface area contributed by atoms with Crippen LogP contribution in [0.15, 0.2) is 55.1 Å². The minimum Gasteiger partial charge on any atom is -0.395 e. The Morgan fingerprint density at radius 3 is 2.62 bits per heavy atom. The SMILES string of the molecule is CC(NC(CO)Cc1ccc(F)cc1)c1ccc(-n2cncn2)cc1Cl. The number of aliphatic hydroxyl groups excluding tert-OH is 1. The Morgan fingerprint density at radius 1 is 1.23 bits per heavy atom. The molecular weight excluding hydrogens is 355 g/mol. The first-order valence-electron chi connectivity index (χ1n) is 8.32. The van der Waals surface area contributed by atoms with Gasteiger partial charge in [0.15, 0.2) is 0 Å². The summed E-state index contributed by atoms with van der Waals surface area (Å²) < 4.78 is 14.7. The number of nitrogens with zero attached hydrogens (tertiary/aromatic N) is 3. The molecule has 0 saturated carbocycles. The number of benzene rings is 2. The Balaban J connectivity index is 1.69. The van der Waals surface area contributed by atoms with Gasteiger partial charge >= 0.3 is 0 Å². The van der Waals surface area contributed by atoms with Crippen molar-refractivity contribution in [1.82, 2.24) is 20.1 Å². The molecule has 0 aliphatic carbocycles. The van der Waals surface area contributed by atoms with Crippen molar-refractivity contribution < 1.29 is 9.50 Å². The number of hydrogen-bond acceptors (Lipinski definition) is 4. The van der Waals surface area contributed by atoms with E-state index < -0.39 is 0 Å². The second-order valence-electron chi connectivity index (χ2n) is 6.14. The Bertz CT molecular complexity index is 839. The van der Waals surface area contributed by atoms with Gasteiger partial charge in [-0.2, -0.15) is 5.10 Å². The molecule has 7 heteroatoms. The van der Waals surface area contributed by atoms with Crippen LogP contribution in [0.5, 0.6) is 0 Å². The predicted molar refractivity (Wildman–Crippen MR) is 98.9 cm³/mol. The average Bonchev–Trinajstić information content (AvgIpc) is 3.17. The van der Waals surface area contributed by atoms with Gasteiger partial charge in [-0.25, -0.2) is 14.1 Å². The third kappa shape index (κ3) is 4.46. The van der Waals surface area contributed by atoms with Gasteiger partial charge in [0.2, 0.25) is 0 Å². The summed E-state index contributed by atoms with van der Waals surface area (Å²) in [6.45, 7) is 1.96. The molecule has 2 aromatic carbocycles. The van der Waals surface area contributed by atoms with Gasteiger partial charge in [-0.3, -0.25) is 0 Å². The summed E-state index contributed by atoms with van der Waals surface area (Å²) in [7, 11) is 0. The Labute approximate surface area is 156 Å². The average molecular weight is 375 g/mol. The van der Waals surface area contributed by atoms with Crippen molar-refractivity contribution in [2.24, 2.45) is 0 Å². The molecule has 2 unspecified atom stereocenters. The summed E-state index contributed by atoms with van der Waals surface area (Å²) in [5.74, 6) is -0.269. The van der Waals surface area contributed by atoms with Gasteiger partial charge in [-0.15, -0.1) is 0 Å². The Hall–Kier alpha value is -2.28. The van der Waals surface area contributed by atoms with E-state index in [2.05, 4.69) is 15.4 Å². The molecule has 3 rings (SSSR count). The number of nitrogens with one attached hydrogen (secondary N) is 1. The largest absolute Gasteiger partial charge is 0.395 e. The van der Waals surface area contributed by atoms with E-state index in [9.17, 15) is 9.50 Å². The number of hydrogen-bond donors (Lipinski definition) is 2. The van der Waals surface area contributed by atoms with E-state index in [0.717, 1.165) is 16.8 Å². The van der Waals surface area contributed by atoms with E-state index in [4.69, 9.17) is 11.6 Å². The molecule has 5 nitrogen and oxygen atoms in total. The highest BCUT2D eigenvalue weighted by molar-refractivity contribution is 6.31. The van der Waals surface area contributed by atoms with Crippen molar-refractivity contribution in [2.75, 3.05) is 6.61 Å². The molecule has 136 valence electrons. The third-order valence-electron chi connectivity index (χ3n) is 4.24. The fourth-order valence-corrected chi connectivity index (χ4v) is 3.21. The summed E-state index contributed by atoms with van der Waals surface area (Å²) in [5.41, 5.74) is 2.71. The molecule has 0 bridgehead atoms. The maximum Gasteiger partial charge on any atom is 0.138 e. The summed E-state index contributed by atoms with van der Waals surface area (Å²) in [4.78, 5) is 3.93. The van der Waals surface area contributed by atoms with E-state index in [1.807, 2.05) is 25.1 Å². The molecule has 0 amide bonds. The van der Waals surface area contributed by atoms with Crippen LogP contribution in [0.25, 0.3) is 5.69 Å². The molecule has 0 radical (unpaired) electrons. The number of halogens is 2. The van der Waals surface area contributed by atoms with Crippen LogP contribution >= 0.6 is 11.6 Å². The third-order valence-corrected chi connectivity index (χ3v) is 4.56. The molecule has 0 saturated heterocycles. The van der Waals surface area contributed by atoms with Crippen molar-refractivity contribution in [3.63, 3.8) is 0 Å². The summed E-state index contributed by atoms with van der Waals surface area (Å²) in [6, 6.07) is 11.8. The van der Waals surface area contributed by atoms with E-state index in [0.29, 0.717) is 11.4 Å². The second-order valence-corrected chi connectivity index (χ2v) is 6.55. The standard InChI is InChI=1S/C19H20ClFN4O/c1-13(24-16(10-26)8-14-2-4-15(21)5-3-14)18-7-6-17(9-19(18)20)25-12-22-11-23-25/h2-7,9,11-13,16,24,26H,8,10H2,1H3. The van der Waals surface area contributed by atoms with Gasteiger partial charge < -0.3 is 10.4 Å². The predicted octanol–water partition coefficient (Wildman–Crippen LogP) is 3.31. The van der Waals surface area contributed by atoms with Crippen molar-refractivity contribution in [3.8, 4) is 5.69 Å². The number of aliphatic hydroxyl groups is 1. The van der Waals surface area contributed by atoms with Crippen molar-refractivity contribution in [2.45, 2.75) is 25.4 Å². The van der Waals surface area contributed by atoms with Crippen LogP contribution in [-0.4, -0.2) is 32.5 Å². The van der Waals surface area contributed by atoms with Crippen LogP contribution in [0.1, 0.15) is 24.1 Å². The smallest absolute Gasteiger partial charge is 0.138 e. The molecule has 2 N–H and O–H groups in total. The van der Waals surface area contributed by atoms with Crippen LogP contribution in [0.3, 0.4) is 0 Å². The van der Waals surface area contributed by atoms with Crippen molar-refractivity contribution >= 4 is 11.6 Å². The lowest BCUT2D eigenvalue weighted by Gasteiger charge is -2.23. The molecule has 1 aromatic heterocycles. The molecule has 26 heavy (non-hydrogen) atoms. The van der Waals surface area contributed by atoms with E-state index in [1.54, 1.807) is 23.1 Å². The Kier molecular flexibility index (Phi) is 5.98. The highest BCUT2D eigenvalue weighted by Crippen LogP contribution is 2.26. The maximum atomic E-state index is 13.0. The molecule has 0 aliphatic rings. The van der Waals surface area contributed by atoms with Crippen molar-refractivity contribution in [1.29, 1.82) is 0 Å². The van der Waals surface area contributed by atoms with Crippen LogP contribution in [0.2, 0.25) is 5.02 Å². The quantitative estimate of drug-likeness (QED) is 0.666. The van der Waals surface area contributed by atoms with Crippen LogP contribution in [0, 0.1) is 5.82 Å². The van der Waals surface area contributed by atoms with E-state index in [1.165, 1.54) is 18.5 Å². The minimum atomic E-state index is -0.269. The molecule has 0 spiro atoms. The minimum absolute atomic E-state index is 0.0314. The molecule has 0 aliphatic heterocycles. The Morgan fingerprint density at radius 2 is 2.00 bits per heavy atom. The van der Waals surface area contributed by atoms with E-state index in [-0.39, 0.29) is 24.5 Å². The van der Waals surface area contributed by atoms with Gasteiger partial charge in [0.25, 0.3) is 0 Å². The van der Waals surface area contributed by atoms with Crippen LogP contribution in [0.4, 0.5) is 4.39 Å². The first-order chi connectivity index (χ1) is 12.6. The summed E-state index contributed by atoms with van der Waals surface area (Å²) >= 11 is 6.44. The van der Waals surface area contributed by atoms with Gasteiger partial charge in [0.05, 0.1) is 12.3 Å². The highest BCUT2D eigenvalue weighted by atomic mass is 35.5. The van der Waals surface area contributed by atoms with Crippen LogP contribution < -0.4 is 5.32 Å². The van der Waals surface area contributed by atoms with Gasteiger partial charge in [0.1, 0.15) is 18.5 Å². The van der Waals surface area contributed by atoms with Gasteiger partial charge in [-0.1, -0.05) is 29.8 Å². The molecule has 0 fully saturated rings. The normalized spacial score (nSPS) is 13.5. The maximum absolute atomic E-state index is 13.0. The topological polar surface area (TPSA) is 63.0 Å². The van der Waals surface area contributed by atoms with Crippen LogP contribution in [-0.2, 0) is 6.42 Å². The fraction of sp³-hybridized carbons (Fsp3) is 0.263. The second kappa shape index (κ2) is 8.40.